The van der Waals surface area contributed by atoms with Crippen LogP contribution < -0.4 is 19.5 Å². The first kappa shape index (κ1) is 19.4. The van der Waals surface area contributed by atoms with Crippen LogP contribution in [0.2, 0.25) is 5.02 Å². The van der Waals surface area contributed by atoms with E-state index in [0.717, 1.165) is 11.3 Å². The highest BCUT2D eigenvalue weighted by Crippen LogP contribution is 2.41. The maximum atomic E-state index is 12.7. The number of hydrogen-bond donors (Lipinski definition) is 1. The molecule has 27 heavy (non-hydrogen) atoms. The predicted octanol–water partition coefficient (Wildman–Crippen LogP) is 4.53. The molecule has 0 fully saturated rings. The van der Waals surface area contributed by atoms with Crippen LogP contribution in [0.15, 0.2) is 42.5 Å². The van der Waals surface area contributed by atoms with Gasteiger partial charge in [-0.05, 0) is 45.0 Å². The largest absolute Gasteiger partial charge is 0.497 e. The van der Waals surface area contributed by atoms with Gasteiger partial charge >= 0.3 is 0 Å². The second-order valence-electron chi connectivity index (χ2n) is 7.22. The van der Waals surface area contributed by atoms with Gasteiger partial charge in [0.15, 0.2) is 6.10 Å². The number of para-hydroxylation sites is 1. The fourth-order valence-electron chi connectivity index (χ4n) is 3.16. The molecule has 0 radical (unpaired) electrons. The normalized spacial score (nSPS) is 18.6. The molecular formula is C21H24ClNO4. The molecule has 0 unspecified atom stereocenters. The van der Waals surface area contributed by atoms with Crippen LogP contribution >= 0.6 is 11.6 Å². The molecule has 0 aromatic heterocycles. The monoisotopic (exact) mass is 389 g/mol. The summed E-state index contributed by atoms with van der Waals surface area (Å²) in [6.45, 7) is 5.70. The molecule has 1 amide bonds. The van der Waals surface area contributed by atoms with Crippen LogP contribution in [0.3, 0.4) is 0 Å². The number of nitrogens with one attached hydrogen (secondary N) is 1. The van der Waals surface area contributed by atoms with Crippen molar-refractivity contribution in [2.45, 2.75) is 44.9 Å². The molecule has 2 atom stereocenters. The van der Waals surface area contributed by atoms with Crippen molar-refractivity contribution in [3.63, 3.8) is 0 Å². The van der Waals surface area contributed by atoms with Crippen LogP contribution in [-0.2, 0) is 4.79 Å². The van der Waals surface area contributed by atoms with Crippen molar-refractivity contribution < 1.29 is 19.0 Å². The molecule has 0 bridgehead atoms. The topological polar surface area (TPSA) is 56.8 Å². The van der Waals surface area contributed by atoms with Crippen molar-refractivity contribution in [1.82, 2.24) is 5.32 Å². The summed E-state index contributed by atoms with van der Waals surface area (Å²) >= 11 is 6.11. The number of carbonyl (C=O) groups excluding carboxylic acids is 1. The Morgan fingerprint density at radius 3 is 2.74 bits per heavy atom. The fourth-order valence-corrected chi connectivity index (χ4v) is 3.34. The lowest BCUT2D eigenvalue weighted by Crippen LogP contribution is -2.44. The Bertz CT molecular complexity index is 837. The highest BCUT2D eigenvalue weighted by Gasteiger charge is 2.35. The van der Waals surface area contributed by atoms with E-state index in [0.29, 0.717) is 22.9 Å². The Hall–Kier alpha value is -2.40. The number of ether oxygens (including phenoxy) is 3. The zero-order chi connectivity index (χ0) is 19.6. The smallest absolute Gasteiger partial charge is 0.261 e. The van der Waals surface area contributed by atoms with Gasteiger partial charge in [-0.2, -0.15) is 0 Å². The molecule has 0 saturated carbocycles. The first-order chi connectivity index (χ1) is 12.8. The Labute approximate surface area is 164 Å². The molecule has 6 heteroatoms. The minimum Gasteiger partial charge on any atom is -0.497 e. The van der Waals surface area contributed by atoms with Crippen LogP contribution in [0.5, 0.6) is 17.2 Å². The van der Waals surface area contributed by atoms with Crippen molar-refractivity contribution in [2.24, 2.45) is 0 Å². The van der Waals surface area contributed by atoms with E-state index in [2.05, 4.69) is 5.32 Å². The number of hydrogen-bond acceptors (Lipinski definition) is 4. The summed E-state index contributed by atoms with van der Waals surface area (Å²) in [7, 11) is 1.61. The minimum absolute atomic E-state index is 0.181. The molecule has 0 aliphatic carbocycles. The predicted molar refractivity (Wildman–Crippen MR) is 105 cm³/mol. The molecule has 5 nitrogen and oxygen atoms in total. The van der Waals surface area contributed by atoms with E-state index >= 15 is 0 Å². The summed E-state index contributed by atoms with van der Waals surface area (Å²) in [5.41, 5.74) is 0.512. The summed E-state index contributed by atoms with van der Waals surface area (Å²) < 4.78 is 17.1. The average molecular weight is 390 g/mol. The van der Waals surface area contributed by atoms with Crippen molar-refractivity contribution >= 4 is 17.5 Å². The van der Waals surface area contributed by atoms with Gasteiger partial charge in [0.05, 0.1) is 18.2 Å². The second-order valence-corrected chi connectivity index (χ2v) is 7.63. The van der Waals surface area contributed by atoms with Crippen molar-refractivity contribution in [3.05, 3.63) is 53.1 Å². The first-order valence-corrected chi connectivity index (χ1v) is 9.25. The third kappa shape index (κ3) is 4.48. The van der Waals surface area contributed by atoms with Gasteiger partial charge in [-0.25, -0.2) is 0 Å². The van der Waals surface area contributed by atoms with Crippen LogP contribution in [0.25, 0.3) is 0 Å². The summed E-state index contributed by atoms with van der Waals surface area (Å²) in [5, 5.41) is 3.55. The molecule has 2 aromatic rings. The summed E-state index contributed by atoms with van der Waals surface area (Å²) in [6.07, 6.45) is -0.0331. The average Bonchev–Trinajstić information content (AvgIpc) is 2.62. The standard InChI is InChI=1S/C21H24ClNO4/c1-13(26-18-8-6-5-7-16(18)22)20(24)23-17-12-21(2,3)27-19-11-14(25-4)9-10-15(17)19/h5-11,13,17H,12H2,1-4H3,(H,23,24)/t13-,17+/m0/s1. The van der Waals surface area contributed by atoms with Gasteiger partial charge in [-0.3, -0.25) is 4.79 Å². The highest BCUT2D eigenvalue weighted by molar-refractivity contribution is 6.32. The lowest BCUT2D eigenvalue weighted by atomic mass is 9.89. The Balaban J connectivity index is 1.76. The first-order valence-electron chi connectivity index (χ1n) is 8.87. The van der Waals surface area contributed by atoms with Crippen LogP contribution in [0, 0.1) is 0 Å². The van der Waals surface area contributed by atoms with Crippen LogP contribution in [0.4, 0.5) is 0 Å². The Morgan fingerprint density at radius 1 is 1.30 bits per heavy atom. The van der Waals surface area contributed by atoms with Crippen molar-refractivity contribution in [2.75, 3.05) is 7.11 Å². The SMILES string of the molecule is COc1ccc2c(c1)OC(C)(C)C[C@H]2NC(=O)[C@H](C)Oc1ccccc1Cl. The Kier molecular flexibility index (Phi) is 5.51. The van der Waals surface area contributed by atoms with E-state index in [1.54, 1.807) is 26.2 Å². The molecule has 144 valence electrons. The second kappa shape index (κ2) is 7.69. The van der Waals surface area contributed by atoms with E-state index in [-0.39, 0.29) is 11.9 Å². The fraction of sp³-hybridized carbons (Fsp3) is 0.381. The van der Waals surface area contributed by atoms with Gasteiger partial charge in [0.1, 0.15) is 22.8 Å². The number of methoxy groups -OCH3 is 1. The summed E-state index contributed by atoms with van der Waals surface area (Å²) in [5.74, 6) is 1.71. The number of benzene rings is 2. The lowest BCUT2D eigenvalue weighted by Gasteiger charge is -2.38. The van der Waals surface area contributed by atoms with Gasteiger partial charge in [0, 0.05) is 18.1 Å². The van der Waals surface area contributed by atoms with Gasteiger partial charge < -0.3 is 19.5 Å². The molecule has 1 aliphatic rings. The third-order valence-electron chi connectivity index (χ3n) is 4.50. The maximum absolute atomic E-state index is 12.7. The highest BCUT2D eigenvalue weighted by atomic mass is 35.5. The van der Waals surface area contributed by atoms with E-state index in [1.165, 1.54) is 0 Å². The van der Waals surface area contributed by atoms with Gasteiger partial charge in [0.25, 0.3) is 5.91 Å². The third-order valence-corrected chi connectivity index (χ3v) is 4.82. The minimum atomic E-state index is -0.683. The van der Waals surface area contributed by atoms with Gasteiger partial charge in [-0.15, -0.1) is 0 Å². The van der Waals surface area contributed by atoms with Crippen LogP contribution in [0.1, 0.15) is 38.8 Å². The molecule has 1 aliphatic heterocycles. The van der Waals surface area contributed by atoms with E-state index in [4.69, 9.17) is 25.8 Å². The number of halogens is 1. The van der Waals surface area contributed by atoms with E-state index in [9.17, 15) is 4.79 Å². The molecule has 2 aromatic carbocycles. The van der Waals surface area contributed by atoms with Gasteiger partial charge in [-0.1, -0.05) is 23.7 Å². The molecule has 1 N–H and O–H groups in total. The summed E-state index contributed by atoms with van der Waals surface area (Å²) in [6, 6.07) is 12.6. The molecule has 1 heterocycles. The quantitative estimate of drug-likeness (QED) is 0.815. The number of rotatable bonds is 5. The van der Waals surface area contributed by atoms with Crippen molar-refractivity contribution in [1.29, 1.82) is 0 Å². The number of carbonyl (C=O) groups is 1. The number of fused-ring (bicyclic) bond motifs is 1. The lowest BCUT2D eigenvalue weighted by molar-refractivity contribution is -0.128. The Morgan fingerprint density at radius 2 is 2.04 bits per heavy atom. The zero-order valence-electron chi connectivity index (χ0n) is 15.9. The molecular weight excluding hydrogens is 366 g/mol. The van der Waals surface area contributed by atoms with Crippen LogP contribution in [-0.4, -0.2) is 24.7 Å². The van der Waals surface area contributed by atoms with E-state index in [1.807, 2.05) is 44.2 Å². The molecule has 0 saturated heterocycles. The maximum Gasteiger partial charge on any atom is 0.261 e. The molecule has 3 rings (SSSR count). The van der Waals surface area contributed by atoms with E-state index < -0.39 is 11.7 Å². The van der Waals surface area contributed by atoms with Crippen molar-refractivity contribution in [3.8, 4) is 17.2 Å². The van der Waals surface area contributed by atoms with Gasteiger partial charge in [0.2, 0.25) is 0 Å². The molecule has 0 spiro atoms. The number of amides is 1. The summed E-state index contributed by atoms with van der Waals surface area (Å²) in [4.78, 5) is 12.7. The zero-order valence-corrected chi connectivity index (χ0v) is 16.7.